The Labute approximate surface area is 174 Å². The second-order valence-electron chi connectivity index (χ2n) is 6.11. The molecule has 0 aliphatic heterocycles. The number of anilines is 1. The first-order valence-corrected chi connectivity index (χ1v) is 9.62. The van der Waals surface area contributed by atoms with Crippen LogP contribution in [0, 0.1) is 5.82 Å². The fourth-order valence-electron chi connectivity index (χ4n) is 2.62. The van der Waals surface area contributed by atoms with E-state index in [1.165, 1.54) is 12.1 Å². The van der Waals surface area contributed by atoms with Crippen LogP contribution in [0.1, 0.15) is 18.1 Å². The molecule has 0 spiro atoms. The van der Waals surface area contributed by atoms with Gasteiger partial charge in [0.25, 0.3) is 0 Å². The lowest BCUT2D eigenvalue weighted by atomic mass is 10.2. The summed E-state index contributed by atoms with van der Waals surface area (Å²) >= 11 is 12.1. The van der Waals surface area contributed by atoms with Crippen molar-refractivity contribution >= 4 is 28.9 Å². The van der Waals surface area contributed by atoms with Crippen molar-refractivity contribution in [1.29, 1.82) is 0 Å². The van der Waals surface area contributed by atoms with Gasteiger partial charge >= 0.3 is 0 Å². The summed E-state index contributed by atoms with van der Waals surface area (Å²) in [6, 6.07) is 17.3. The SMILES string of the molecule is CCOc1cc(CNc2ccc(Cl)cc2Cl)ccc1OCc1ccc(F)cc1. The van der Waals surface area contributed by atoms with Crippen molar-refractivity contribution in [3.05, 3.63) is 87.7 Å². The van der Waals surface area contributed by atoms with E-state index in [1.807, 2.05) is 31.2 Å². The van der Waals surface area contributed by atoms with Gasteiger partial charge in [0.05, 0.1) is 17.3 Å². The van der Waals surface area contributed by atoms with Crippen LogP contribution in [-0.2, 0) is 13.2 Å². The van der Waals surface area contributed by atoms with Crippen LogP contribution < -0.4 is 14.8 Å². The van der Waals surface area contributed by atoms with Crippen molar-refractivity contribution in [3.63, 3.8) is 0 Å². The molecule has 0 fully saturated rings. The topological polar surface area (TPSA) is 30.5 Å². The molecule has 0 radical (unpaired) electrons. The molecule has 0 heterocycles. The number of hydrogen-bond donors (Lipinski definition) is 1. The molecule has 0 atom stereocenters. The van der Waals surface area contributed by atoms with Crippen molar-refractivity contribution in [2.45, 2.75) is 20.1 Å². The van der Waals surface area contributed by atoms with E-state index < -0.39 is 0 Å². The lowest BCUT2D eigenvalue weighted by molar-refractivity contribution is 0.269. The molecule has 3 aromatic carbocycles. The number of rotatable bonds is 8. The van der Waals surface area contributed by atoms with Crippen LogP contribution in [0.4, 0.5) is 10.1 Å². The van der Waals surface area contributed by atoms with Gasteiger partial charge in [-0.3, -0.25) is 0 Å². The Bertz CT molecular complexity index is 932. The summed E-state index contributed by atoms with van der Waals surface area (Å²) in [6.45, 7) is 3.34. The molecule has 0 saturated carbocycles. The molecule has 3 nitrogen and oxygen atoms in total. The van der Waals surface area contributed by atoms with E-state index in [-0.39, 0.29) is 5.82 Å². The molecule has 0 aliphatic rings. The van der Waals surface area contributed by atoms with Gasteiger partial charge in [0.2, 0.25) is 0 Å². The first kappa shape index (κ1) is 20.3. The fourth-order valence-corrected chi connectivity index (χ4v) is 3.10. The number of halogens is 3. The van der Waals surface area contributed by atoms with E-state index in [1.54, 1.807) is 24.3 Å². The zero-order valence-corrected chi connectivity index (χ0v) is 16.9. The number of hydrogen-bond acceptors (Lipinski definition) is 3. The molecule has 0 unspecified atom stereocenters. The highest BCUT2D eigenvalue weighted by molar-refractivity contribution is 6.36. The first-order valence-electron chi connectivity index (χ1n) is 8.87. The lowest BCUT2D eigenvalue weighted by Gasteiger charge is -2.14. The van der Waals surface area contributed by atoms with Gasteiger partial charge in [-0.05, 0) is 60.5 Å². The second kappa shape index (κ2) is 9.67. The van der Waals surface area contributed by atoms with E-state index in [2.05, 4.69) is 5.32 Å². The first-order chi connectivity index (χ1) is 13.5. The van der Waals surface area contributed by atoms with E-state index in [4.69, 9.17) is 32.7 Å². The monoisotopic (exact) mass is 419 g/mol. The van der Waals surface area contributed by atoms with E-state index >= 15 is 0 Å². The predicted octanol–water partition coefficient (Wildman–Crippen LogP) is 6.72. The van der Waals surface area contributed by atoms with Crippen molar-refractivity contribution in [3.8, 4) is 11.5 Å². The maximum Gasteiger partial charge on any atom is 0.161 e. The Morgan fingerprint density at radius 2 is 1.61 bits per heavy atom. The van der Waals surface area contributed by atoms with Crippen LogP contribution in [-0.4, -0.2) is 6.61 Å². The molecule has 1 N–H and O–H groups in total. The molecule has 0 aliphatic carbocycles. The minimum absolute atomic E-state index is 0.267. The van der Waals surface area contributed by atoms with Crippen LogP contribution >= 0.6 is 23.2 Å². The van der Waals surface area contributed by atoms with E-state index in [9.17, 15) is 4.39 Å². The predicted molar refractivity (Wildman–Crippen MR) is 112 cm³/mol. The normalized spacial score (nSPS) is 10.6. The molecule has 3 rings (SSSR count). The van der Waals surface area contributed by atoms with Gasteiger partial charge in [-0.15, -0.1) is 0 Å². The summed E-state index contributed by atoms with van der Waals surface area (Å²) < 4.78 is 24.6. The summed E-state index contributed by atoms with van der Waals surface area (Å²) in [6.07, 6.45) is 0. The Balaban J connectivity index is 1.68. The van der Waals surface area contributed by atoms with Gasteiger partial charge in [0.15, 0.2) is 11.5 Å². The highest BCUT2D eigenvalue weighted by Crippen LogP contribution is 2.30. The molecular formula is C22H20Cl2FNO2. The van der Waals surface area contributed by atoms with Gasteiger partial charge in [-0.2, -0.15) is 0 Å². The summed E-state index contributed by atoms with van der Waals surface area (Å²) in [5.41, 5.74) is 2.70. The van der Waals surface area contributed by atoms with Gasteiger partial charge in [-0.25, -0.2) is 4.39 Å². The Kier molecular flexibility index (Phi) is 7.01. The molecule has 0 aromatic heterocycles. The standard InChI is InChI=1S/C22H20Cl2FNO2/c1-2-27-22-11-16(13-26-20-9-6-17(23)12-19(20)24)5-10-21(22)28-14-15-3-7-18(25)8-4-15/h3-12,26H,2,13-14H2,1H3. The van der Waals surface area contributed by atoms with Crippen LogP contribution in [0.25, 0.3) is 0 Å². The van der Waals surface area contributed by atoms with Crippen LogP contribution in [0.5, 0.6) is 11.5 Å². The third kappa shape index (κ3) is 5.54. The molecule has 0 saturated heterocycles. The van der Waals surface area contributed by atoms with Crippen molar-refractivity contribution in [1.82, 2.24) is 0 Å². The zero-order valence-electron chi connectivity index (χ0n) is 15.3. The van der Waals surface area contributed by atoms with Gasteiger partial charge in [0.1, 0.15) is 12.4 Å². The Morgan fingerprint density at radius 1 is 0.857 bits per heavy atom. The Hall–Kier alpha value is -2.43. The summed E-state index contributed by atoms with van der Waals surface area (Å²) in [7, 11) is 0. The highest BCUT2D eigenvalue weighted by atomic mass is 35.5. The summed E-state index contributed by atoms with van der Waals surface area (Å²) in [5, 5.41) is 4.45. The molecule has 0 bridgehead atoms. The highest BCUT2D eigenvalue weighted by Gasteiger charge is 2.08. The summed E-state index contributed by atoms with van der Waals surface area (Å²) in [4.78, 5) is 0. The molecule has 146 valence electrons. The lowest BCUT2D eigenvalue weighted by Crippen LogP contribution is -2.03. The molecular weight excluding hydrogens is 400 g/mol. The van der Waals surface area contributed by atoms with Gasteiger partial charge in [-0.1, -0.05) is 41.4 Å². The zero-order chi connectivity index (χ0) is 19.9. The third-order valence-corrected chi connectivity index (χ3v) is 4.58. The van der Waals surface area contributed by atoms with E-state index in [0.29, 0.717) is 41.3 Å². The number of nitrogens with one attached hydrogen (secondary N) is 1. The van der Waals surface area contributed by atoms with Crippen molar-refractivity contribution in [2.75, 3.05) is 11.9 Å². The van der Waals surface area contributed by atoms with E-state index in [0.717, 1.165) is 16.8 Å². The number of ether oxygens (including phenoxy) is 2. The van der Waals surface area contributed by atoms with Gasteiger partial charge in [0, 0.05) is 11.6 Å². The Morgan fingerprint density at radius 3 is 2.32 bits per heavy atom. The van der Waals surface area contributed by atoms with Crippen molar-refractivity contribution in [2.24, 2.45) is 0 Å². The number of benzene rings is 3. The quantitative estimate of drug-likeness (QED) is 0.439. The van der Waals surface area contributed by atoms with Crippen LogP contribution in [0.2, 0.25) is 10.0 Å². The molecule has 28 heavy (non-hydrogen) atoms. The molecule has 0 amide bonds. The third-order valence-electron chi connectivity index (χ3n) is 4.03. The van der Waals surface area contributed by atoms with Crippen molar-refractivity contribution < 1.29 is 13.9 Å². The molecule has 6 heteroatoms. The summed E-state index contributed by atoms with van der Waals surface area (Å²) in [5.74, 6) is 1.03. The minimum Gasteiger partial charge on any atom is -0.490 e. The fraction of sp³-hybridized carbons (Fsp3) is 0.182. The van der Waals surface area contributed by atoms with Crippen LogP contribution in [0.15, 0.2) is 60.7 Å². The minimum atomic E-state index is -0.267. The smallest absolute Gasteiger partial charge is 0.161 e. The molecule has 3 aromatic rings. The maximum atomic E-state index is 13.0. The largest absolute Gasteiger partial charge is 0.490 e. The van der Waals surface area contributed by atoms with Gasteiger partial charge < -0.3 is 14.8 Å². The maximum absolute atomic E-state index is 13.0. The second-order valence-corrected chi connectivity index (χ2v) is 6.95. The van der Waals surface area contributed by atoms with Crippen LogP contribution in [0.3, 0.4) is 0 Å². The average Bonchev–Trinajstić information content (AvgIpc) is 2.68. The average molecular weight is 420 g/mol.